The Bertz CT molecular complexity index is 819. The van der Waals surface area contributed by atoms with E-state index in [1.165, 1.54) is 11.4 Å². The number of nitrogens with one attached hydrogen (secondary N) is 1. The number of benzene rings is 1. The van der Waals surface area contributed by atoms with E-state index < -0.39 is 26.1 Å². The molecule has 136 valence electrons. The molecule has 1 atom stereocenters. The second kappa shape index (κ2) is 6.99. The lowest BCUT2D eigenvalue weighted by Crippen LogP contribution is -2.49. The number of sulfonamides is 2. The molecule has 1 N–H and O–H groups in total. The van der Waals surface area contributed by atoms with Gasteiger partial charge in [-0.05, 0) is 49.9 Å². The Morgan fingerprint density at radius 2 is 1.83 bits per heavy atom. The highest BCUT2D eigenvalue weighted by Crippen LogP contribution is 2.26. The van der Waals surface area contributed by atoms with Crippen LogP contribution in [0.1, 0.15) is 24.0 Å². The largest absolute Gasteiger partial charge is 0.496 e. The fourth-order valence-corrected chi connectivity index (χ4v) is 5.38. The molecule has 1 unspecified atom stereocenters. The summed E-state index contributed by atoms with van der Waals surface area (Å²) in [6.07, 6.45) is 2.38. The van der Waals surface area contributed by atoms with Crippen LogP contribution in [-0.4, -0.2) is 53.6 Å². The highest BCUT2D eigenvalue weighted by molar-refractivity contribution is 7.89. The maximum absolute atomic E-state index is 12.7. The predicted molar refractivity (Wildman–Crippen MR) is 92.2 cm³/mol. The summed E-state index contributed by atoms with van der Waals surface area (Å²) >= 11 is 0. The lowest BCUT2D eigenvalue weighted by atomic mass is 10.1. The molecule has 1 saturated heterocycles. The number of ether oxygens (including phenoxy) is 1. The van der Waals surface area contributed by atoms with Gasteiger partial charge in [-0.2, -0.15) is 0 Å². The molecule has 1 heterocycles. The Morgan fingerprint density at radius 3 is 2.42 bits per heavy atom. The molecular formula is C15H24N2O5S2. The second-order valence-corrected chi connectivity index (χ2v) is 9.83. The Hall–Kier alpha value is -1.16. The smallest absolute Gasteiger partial charge is 0.241 e. The van der Waals surface area contributed by atoms with E-state index >= 15 is 0 Å². The fourth-order valence-electron chi connectivity index (χ4n) is 2.90. The van der Waals surface area contributed by atoms with Crippen molar-refractivity contribution in [3.63, 3.8) is 0 Å². The van der Waals surface area contributed by atoms with Gasteiger partial charge in [-0.1, -0.05) is 0 Å². The Labute approximate surface area is 144 Å². The van der Waals surface area contributed by atoms with E-state index in [9.17, 15) is 16.8 Å². The minimum Gasteiger partial charge on any atom is -0.496 e. The van der Waals surface area contributed by atoms with Gasteiger partial charge in [0.25, 0.3) is 0 Å². The molecule has 1 aromatic carbocycles. The SMILES string of the molecule is COc1cc(C)c(S(=O)(=O)NC2CCCN(S(C)(=O)=O)C2)cc1C. The van der Waals surface area contributed by atoms with E-state index in [0.29, 0.717) is 30.7 Å². The van der Waals surface area contributed by atoms with Crippen molar-refractivity contribution in [3.8, 4) is 5.75 Å². The van der Waals surface area contributed by atoms with Gasteiger partial charge in [0.05, 0.1) is 18.3 Å². The standard InChI is InChI=1S/C15H24N2O5S2/c1-11-9-15(12(2)8-14(11)22-3)24(20,21)16-13-6-5-7-17(10-13)23(4,18)19/h8-9,13,16H,5-7,10H2,1-4H3. The van der Waals surface area contributed by atoms with Crippen LogP contribution < -0.4 is 9.46 Å². The van der Waals surface area contributed by atoms with E-state index in [2.05, 4.69) is 4.72 Å². The number of hydrogen-bond acceptors (Lipinski definition) is 5. The van der Waals surface area contributed by atoms with Gasteiger partial charge < -0.3 is 4.74 Å². The number of methoxy groups -OCH3 is 1. The summed E-state index contributed by atoms with van der Waals surface area (Å²) in [7, 11) is -5.52. The van der Waals surface area contributed by atoms with Gasteiger partial charge >= 0.3 is 0 Å². The van der Waals surface area contributed by atoms with E-state index in [4.69, 9.17) is 4.74 Å². The van der Waals surface area contributed by atoms with Crippen LogP contribution in [-0.2, 0) is 20.0 Å². The van der Waals surface area contributed by atoms with Crippen LogP contribution in [0.15, 0.2) is 17.0 Å². The maximum Gasteiger partial charge on any atom is 0.241 e. The molecule has 0 radical (unpaired) electrons. The molecule has 2 rings (SSSR count). The number of nitrogens with zero attached hydrogens (tertiary/aromatic N) is 1. The summed E-state index contributed by atoms with van der Waals surface area (Å²) in [5, 5.41) is 0. The molecule has 0 aromatic heterocycles. The Kier molecular flexibility index (Phi) is 5.58. The normalized spacial score (nSPS) is 20.1. The van der Waals surface area contributed by atoms with Crippen molar-refractivity contribution in [1.29, 1.82) is 0 Å². The van der Waals surface area contributed by atoms with E-state index in [1.807, 2.05) is 0 Å². The van der Waals surface area contributed by atoms with Crippen molar-refractivity contribution in [2.45, 2.75) is 37.6 Å². The van der Waals surface area contributed by atoms with Gasteiger partial charge in [-0.15, -0.1) is 0 Å². The minimum absolute atomic E-state index is 0.159. The molecule has 24 heavy (non-hydrogen) atoms. The number of aryl methyl sites for hydroxylation is 2. The van der Waals surface area contributed by atoms with Gasteiger partial charge in [-0.25, -0.2) is 25.9 Å². The van der Waals surface area contributed by atoms with Crippen molar-refractivity contribution in [2.24, 2.45) is 0 Å². The maximum atomic E-state index is 12.7. The first-order valence-corrected chi connectivity index (χ1v) is 11.0. The van der Waals surface area contributed by atoms with Gasteiger partial charge in [0, 0.05) is 19.1 Å². The molecule has 1 fully saturated rings. The second-order valence-electron chi connectivity index (χ2n) is 6.17. The van der Waals surface area contributed by atoms with Crippen molar-refractivity contribution >= 4 is 20.0 Å². The average molecular weight is 377 g/mol. The zero-order valence-corrected chi connectivity index (χ0v) is 16.0. The first-order valence-electron chi connectivity index (χ1n) is 7.67. The van der Waals surface area contributed by atoms with Gasteiger partial charge in [-0.3, -0.25) is 0 Å². The molecule has 0 amide bonds. The van der Waals surface area contributed by atoms with Crippen molar-refractivity contribution in [3.05, 3.63) is 23.3 Å². The predicted octanol–water partition coefficient (Wildman–Crippen LogP) is 1.01. The van der Waals surface area contributed by atoms with Crippen LogP contribution >= 0.6 is 0 Å². The zero-order chi connectivity index (χ0) is 18.1. The summed E-state index contributed by atoms with van der Waals surface area (Å²) in [6.45, 7) is 4.08. The lowest BCUT2D eigenvalue weighted by molar-refractivity contribution is 0.305. The number of rotatable bonds is 5. The summed E-state index contributed by atoms with van der Waals surface area (Å²) in [6, 6.07) is 2.83. The molecule has 1 aliphatic rings. The van der Waals surface area contributed by atoms with Crippen LogP contribution in [0.3, 0.4) is 0 Å². The van der Waals surface area contributed by atoms with Crippen LogP contribution in [0, 0.1) is 13.8 Å². The van der Waals surface area contributed by atoms with Crippen molar-refractivity contribution in [2.75, 3.05) is 26.5 Å². The van der Waals surface area contributed by atoms with Crippen LogP contribution in [0.25, 0.3) is 0 Å². The first-order chi connectivity index (χ1) is 11.0. The summed E-state index contributed by atoms with van der Waals surface area (Å²) in [5.74, 6) is 0.632. The van der Waals surface area contributed by atoms with E-state index in [1.54, 1.807) is 26.0 Å². The molecular weight excluding hydrogens is 352 g/mol. The molecule has 0 aliphatic carbocycles. The molecule has 1 aromatic rings. The average Bonchev–Trinajstić information content (AvgIpc) is 2.48. The molecule has 0 spiro atoms. The van der Waals surface area contributed by atoms with E-state index in [-0.39, 0.29) is 11.4 Å². The zero-order valence-electron chi connectivity index (χ0n) is 14.4. The number of hydrogen-bond donors (Lipinski definition) is 1. The van der Waals surface area contributed by atoms with Crippen LogP contribution in [0.2, 0.25) is 0 Å². The molecule has 0 bridgehead atoms. The monoisotopic (exact) mass is 376 g/mol. The molecule has 1 aliphatic heterocycles. The third-order valence-electron chi connectivity index (χ3n) is 4.16. The fraction of sp³-hybridized carbons (Fsp3) is 0.600. The molecule has 0 saturated carbocycles. The molecule has 7 nitrogen and oxygen atoms in total. The topological polar surface area (TPSA) is 92.8 Å². The van der Waals surface area contributed by atoms with Gasteiger partial charge in [0.1, 0.15) is 5.75 Å². The highest BCUT2D eigenvalue weighted by Gasteiger charge is 2.30. The minimum atomic E-state index is -3.73. The first kappa shape index (κ1) is 19.2. The number of piperidine rings is 1. The Balaban J connectivity index is 2.24. The van der Waals surface area contributed by atoms with Crippen LogP contribution in [0.5, 0.6) is 5.75 Å². The van der Waals surface area contributed by atoms with Crippen molar-refractivity contribution in [1.82, 2.24) is 9.03 Å². The van der Waals surface area contributed by atoms with Crippen molar-refractivity contribution < 1.29 is 21.6 Å². The van der Waals surface area contributed by atoms with Gasteiger partial charge in [0.15, 0.2) is 0 Å². The third kappa shape index (κ3) is 4.27. The lowest BCUT2D eigenvalue weighted by Gasteiger charge is -2.31. The molecule has 9 heteroatoms. The summed E-state index contributed by atoms with van der Waals surface area (Å²) in [5.41, 5.74) is 1.31. The summed E-state index contributed by atoms with van der Waals surface area (Å²) < 4.78 is 57.9. The third-order valence-corrected chi connectivity index (χ3v) is 7.09. The Morgan fingerprint density at radius 1 is 1.17 bits per heavy atom. The summed E-state index contributed by atoms with van der Waals surface area (Å²) in [4.78, 5) is 0.192. The quantitative estimate of drug-likeness (QED) is 0.828. The van der Waals surface area contributed by atoms with Crippen LogP contribution in [0.4, 0.5) is 0 Å². The van der Waals surface area contributed by atoms with Gasteiger partial charge in [0.2, 0.25) is 20.0 Å². The highest BCUT2D eigenvalue weighted by atomic mass is 32.2. The van der Waals surface area contributed by atoms with E-state index in [0.717, 1.165) is 11.8 Å².